The largest absolute Gasteiger partial charge is 0.481 e. The van der Waals surface area contributed by atoms with E-state index in [2.05, 4.69) is 5.32 Å². The zero-order chi connectivity index (χ0) is 12.3. The summed E-state index contributed by atoms with van der Waals surface area (Å²) in [6.07, 6.45) is 0.124. The van der Waals surface area contributed by atoms with Gasteiger partial charge >= 0.3 is 5.97 Å². The Morgan fingerprint density at radius 2 is 2.25 bits per heavy atom. The van der Waals surface area contributed by atoms with E-state index in [1.54, 1.807) is 11.8 Å². The number of carboxylic acids is 1. The summed E-state index contributed by atoms with van der Waals surface area (Å²) in [5, 5.41) is 11.0. The Morgan fingerprint density at radius 1 is 1.62 bits per heavy atom. The normalized spacial score (nSPS) is 22.3. The van der Waals surface area contributed by atoms with Gasteiger partial charge in [-0.3, -0.25) is 24.6 Å². The van der Waals surface area contributed by atoms with Gasteiger partial charge in [-0.25, -0.2) is 0 Å². The molecule has 0 bridgehead atoms. The summed E-state index contributed by atoms with van der Waals surface area (Å²) < 4.78 is 0. The number of carbonyl (C=O) groups is 3. The predicted molar refractivity (Wildman–Crippen MR) is 55.6 cm³/mol. The summed E-state index contributed by atoms with van der Waals surface area (Å²) in [6.45, 7) is 4.24. The van der Waals surface area contributed by atoms with Crippen molar-refractivity contribution < 1.29 is 19.5 Å². The first-order chi connectivity index (χ1) is 7.45. The van der Waals surface area contributed by atoms with Gasteiger partial charge in [0.2, 0.25) is 11.8 Å². The molecule has 2 atom stereocenters. The van der Waals surface area contributed by atoms with Gasteiger partial charge < -0.3 is 5.11 Å². The molecule has 0 aromatic rings. The van der Waals surface area contributed by atoms with E-state index in [1.807, 2.05) is 6.92 Å². The van der Waals surface area contributed by atoms with Gasteiger partial charge in [0, 0.05) is 6.54 Å². The molecule has 2 N–H and O–H groups in total. The van der Waals surface area contributed by atoms with Crippen molar-refractivity contribution in [2.45, 2.75) is 26.3 Å². The van der Waals surface area contributed by atoms with Gasteiger partial charge in [0.1, 0.15) is 0 Å². The van der Waals surface area contributed by atoms with Gasteiger partial charge in [0.25, 0.3) is 0 Å². The fourth-order valence-electron chi connectivity index (χ4n) is 1.74. The van der Waals surface area contributed by atoms with Crippen LogP contribution in [0.5, 0.6) is 0 Å². The smallest absolute Gasteiger partial charge is 0.307 e. The zero-order valence-electron chi connectivity index (χ0n) is 9.40. The highest BCUT2D eigenvalue weighted by Crippen LogP contribution is 2.13. The van der Waals surface area contributed by atoms with Crippen LogP contribution in [-0.4, -0.2) is 46.9 Å². The second kappa shape index (κ2) is 5.07. The molecule has 1 fully saturated rings. The third kappa shape index (κ3) is 2.79. The van der Waals surface area contributed by atoms with E-state index in [0.717, 1.165) is 0 Å². The Labute approximate surface area is 93.6 Å². The lowest BCUT2D eigenvalue weighted by Crippen LogP contribution is -2.43. The molecule has 0 saturated carbocycles. The number of nitrogens with zero attached hydrogens (tertiary/aromatic N) is 1. The lowest BCUT2D eigenvalue weighted by molar-refractivity contribution is -0.142. The van der Waals surface area contributed by atoms with Crippen molar-refractivity contribution in [3.05, 3.63) is 0 Å². The van der Waals surface area contributed by atoms with Crippen LogP contribution in [0.1, 0.15) is 20.3 Å². The predicted octanol–water partition coefficient (Wildman–Crippen LogP) is -0.556. The van der Waals surface area contributed by atoms with Crippen molar-refractivity contribution >= 4 is 17.8 Å². The molecule has 1 rings (SSSR count). The summed E-state index contributed by atoms with van der Waals surface area (Å²) in [5.41, 5.74) is 0. The summed E-state index contributed by atoms with van der Waals surface area (Å²) in [7, 11) is 0. The molecule has 0 aliphatic carbocycles. The van der Waals surface area contributed by atoms with Crippen LogP contribution in [0.15, 0.2) is 0 Å². The summed E-state index contributed by atoms with van der Waals surface area (Å²) >= 11 is 0. The summed E-state index contributed by atoms with van der Waals surface area (Å²) in [4.78, 5) is 34.9. The maximum atomic E-state index is 11.4. The maximum absolute atomic E-state index is 11.4. The van der Waals surface area contributed by atoms with E-state index in [0.29, 0.717) is 6.54 Å². The van der Waals surface area contributed by atoms with Crippen molar-refractivity contribution in [3.63, 3.8) is 0 Å². The first-order valence-corrected chi connectivity index (χ1v) is 5.26. The van der Waals surface area contributed by atoms with Gasteiger partial charge in [-0.15, -0.1) is 0 Å². The van der Waals surface area contributed by atoms with Crippen LogP contribution >= 0.6 is 0 Å². The third-order valence-corrected chi connectivity index (χ3v) is 2.72. The van der Waals surface area contributed by atoms with Crippen LogP contribution < -0.4 is 5.32 Å². The van der Waals surface area contributed by atoms with Gasteiger partial charge in [0.15, 0.2) is 0 Å². The lowest BCUT2D eigenvalue weighted by atomic mass is 10.1. The minimum absolute atomic E-state index is 0.124. The molecule has 90 valence electrons. The number of amides is 2. The maximum Gasteiger partial charge on any atom is 0.307 e. The van der Waals surface area contributed by atoms with E-state index in [4.69, 9.17) is 5.11 Å². The van der Waals surface area contributed by atoms with Crippen molar-refractivity contribution in [2.24, 2.45) is 5.92 Å². The van der Waals surface area contributed by atoms with Crippen molar-refractivity contribution in [3.8, 4) is 0 Å². The van der Waals surface area contributed by atoms with E-state index in [1.165, 1.54) is 0 Å². The molecular formula is C10H16N2O4. The second-order valence-corrected chi connectivity index (χ2v) is 3.96. The standard InChI is InChI=1S/C10H16N2O4/c1-3-12(5-6(2)10(15)16)7-4-8(13)11-9(7)14/h6-7H,3-5H2,1-2H3,(H,15,16)(H,11,13,14). The van der Waals surface area contributed by atoms with Gasteiger partial charge in [-0.2, -0.15) is 0 Å². The Bertz CT molecular complexity index is 316. The van der Waals surface area contributed by atoms with Crippen LogP contribution in [0.4, 0.5) is 0 Å². The van der Waals surface area contributed by atoms with Crippen molar-refractivity contribution in [1.82, 2.24) is 10.2 Å². The molecule has 0 spiro atoms. The molecule has 0 radical (unpaired) electrons. The number of hydrogen-bond donors (Lipinski definition) is 2. The molecule has 0 aromatic heterocycles. The van der Waals surface area contributed by atoms with Crippen molar-refractivity contribution in [2.75, 3.05) is 13.1 Å². The van der Waals surface area contributed by atoms with Crippen LogP contribution in [0, 0.1) is 5.92 Å². The lowest BCUT2D eigenvalue weighted by Gasteiger charge is -2.26. The zero-order valence-corrected chi connectivity index (χ0v) is 9.40. The molecule has 2 unspecified atom stereocenters. The molecule has 6 heteroatoms. The van der Waals surface area contributed by atoms with Gasteiger partial charge in [-0.05, 0) is 6.54 Å². The molecule has 1 aliphatic heterocycles. The highest BCUT2D eigenvalue weighted by Gasteiger charge is 2.35. The van der Waals surface area contributed by atoms with Crippen molar-refractivity contribution in [1.29, 1.82) is 0 Å². The number of carboxylic acid groups (broad SMARTS) is 1. The molecule has 1 heterocycles. The average molecular weight is 228 g/mol. The third-order valence-electron chi connectivity index (χ3n) is 2.72. The second-order valence-electron chi connectivity index (χ2n) is 3.96. The van der Waals surface area contributed by atoms with Crippen LogP contribution in [-0.2, 0) is 14.4 Å². The minimum Gasteiger partial charge on any atom is -0.481 e. The Kier molecular flexibility index (Phi) is 4.00. The van der Waals surface area contributed by atoms with Crippen LogP contribution in [0.3, 0.4) is 0 Å². The van der Waals surface area contributed by atoms with Crippen LogP contribution in [0.2, 0.25) is 0 Å². The van der Waals surface area contributed by atoms with Gasteiger partial charge in [-0.1, -0.05) is 13.8 Å². The summed E-state index contributed by atoms with van der Waals surface area (Å²) in [5.74, 6) is -2.08. The molecule has 0 aromatic carbocycles. The van der Waals surface area contributed by atoms with Crippen LogP contribution in [0.25, 0.3) is 0 Å². The van der Waals surface area contributed by atoms with E-state index >= 15 is 0 Å². The first-order valence-electron chi connectivity index (χ1n) is 5.26. The monoisotopic (exact) mass is 228 g/mol. The van der Waals surface area contributed by atoms with Gasteiger partial charge in [0.05, 0.1) is 18.4 Å². The number of imide groups is 1. The highest BCUT2D eigenvalue weighted by atomic mass is 16.4. The quantitative estimate of drug-likeness (QED) is 0.616. The Hall–Kier alpha value is -1.43. The number of nitrogens with one attached hydrogen (secondary N) is 1. The SMILES string of the molecule is CCN(CC(C)C(=O)O)C1CC(=O)NC1=O. The molecule has 16 heavy (non-hydrogen) atoms. The number of aliphatic carboxylic acids is 1. The molecular weight excluding hydrogens is 212 g/mol. The topological polar surface area (TPSA) is 86.7 Å². The Balaban J connectivity index is 2.64. The fraction of sp³-hybridized carbons (Fsp3) is 0.700. The minimum atomic E-state index is -0.900. The number of likely N-dealkylation sites (N-methyl/N-ethyl adjacent to an activating group) is 1. The fourth-order valence-corrected chi connectivity index (χ4v) is 1.74. The Morgan fingerprint density at radius 3 is 2.62 bits per heavy atom. The van der Waals surface area contributed by atoms with E-state index in [9.17, 15) is 14.4 Å². The number of rotatable bonds is 5. The molecule has 1 aliphatic rings. The highest BCUT2D eigenvalue weighted by molar-refractivity contribution is 6.05. The summed E-state index contributed by atoms with van der Waals surface area (Å²) in [6, 6.07) is -0.515. The molecule has 1 saturated heterocycles. The number of carbonyl (C=O) groups excluding carboxylic acids is 2. The first kappa shape index (κ1) is 12.6. The molecule has 6 nitrogen and oxygen atoms in total. The molecule has 2 amide bonds. The number of hydrogen-bond acceptors (Lipinski definition) is 4. The average Bonchev–Trinajstić information content (AvgIpc) is 2.53. The van der Waals surface area contributed by atoms with E-state index < -0.39 is 17.9 Å². The van der Waals surface area contributed by atoms with E-state index in [-0.39, 0.29) is 24.8 Å².